The lowest BCUT2D eigenvalue weighted by molar-refractivity contribution is -0.117. The van der Waals surface area contributed by atoms with Gasteiger partial charge in [-0.3, -0.25) is 4.79 Å². The van der Waals surface area contributed by atoms with E-state index in [-0.39, 0.29) is 12.3 Å². The topological polar surface area (TPSA) is 43.1 Å². The molecule has 0 bridgehead atoms. The minimum atomic E-state index is -0.380. The van der Waals surface area contributed by atoms with Gasteiger partial charge in [-0.2, -0.15) is 0 Å². The molecule has 1 amide bonds. The zero-order chi connectivity index (χ0) is 8.97. The Bertz CT molecular complexity index is 343. The number of hydrogen-bond acceptors (Lipinski definition) is 2. The molecule has 1 heterocycles. The largest absolute Gasteiger partial charge is 0.369 e. The third-order valence-electron chi connectivity index (χ3n) is 1.23. The van der Waals surface area contributed by atoms with E-state index in [9.17, 15) is 4.79 Å². The van der Waals surface area contributed by atoms with Crippen molar-refractivity contribution in [1.29, 1.82) is 0 Å². The fourth-order valence-electron chi connectivity index (χ4n) is 0.742. The Morgan fingerprint density at radius 1 is 1.75 bits per heavy atom. The van der Waals surface area contributed by atoms with Crippen molar-refractivity contribution < 1.29 is 4.79 Å². The van der Waals surface area contributed by atoms with Crippen molar-refractivity contribution in [2.24, 2.45) is 5.73 Å². The minimum Gasteiger partial charge on any atom is -0.369 e. The smallest absolute Gasteiger partial charge is 0.229 e. The summed E-state index contributed by atoms with van der Waals surface area (Å²) in [6, 6.07) is 1.98. The van der Waals surface area contributed by atoms with Crippen LogP contribution in [0, 0.1) is 18.8 Å². The molecule has 1 aromatic rings. The van der Waals surface area contributed by atoms with Crippen molar-refractivity contribution in [2.45, 2.75) is 13.3 Å². The molecule has 1 aromatic heterocycles. The van der Waals surface area contributed by atoms with Crippen molar-refractivity contribution in [2.75, 3.05) is 0 Å². The van der Waals surface area contributed by atoms with E-state index in [0.717, 1.165) is 5.56 Å². The molecule has 0 fully saturated rings. The first-order valence-corrected chi connectivity index (χ1v) is 4.39. The van der Waals surface area contributed by atoms with Gasteiger partial charge in [-0.25, -0.2) is 0 Å². The number of primary amides is 1. The standard InChI is InChI=1S/C9H9NOS/c1-7-5-8(6-12-7)3-2-4-9(10)11/h5-6H,4H2,1H3,(H2,10,11). The maximum Gasteiger partial charge on any atom is 0.229 e. The Kier molecular flexibility index (Phi) is 2.89. The summed E-state index contributed by atoms with van der Waals surface area (Å²) in [6.07, 6.45) is 0.134. The van der Waals surface area contributed by atoms with Gasteiger partial charge in [0.15, 0.2) is 0 Å². The minimum absolute atomic E-state index is 0.134. The number of carbonyl (C=O) groups excluding carboxylic acids is 1. The number of amides is 1. The second-order valence-corrected chi connectivity index (χ2v) is 3.51. The highest BCUT2D eigenvalue weighted by Crippen LogP contribution is 2.11. The summed E-state index contributed by atoms with van der Waals surface area (Å²) >= 11 is 1.64. The molecule has 0 saturated heterocycles. The van der Waals surface area contributed by atoms with Crippen LogP contribution in [0.15, 0.2) is 11.4 Å². The van der Waals surface area contributed by atoms with E-state index in [2.05, 4.69) is 11.8 Å². The second-order valence-electron chi connectivity index (χ2n) is 2.39. The predicted molar refractivity (Wildman–Crippen MR) is 49.7 cm³/mol. The lowest BCUT2D eigenvalue weighted by Crippen LogP contribution is -2.08. The number of rotatable bonds is 1. The third kappa shape index (κ3) is 2.77. The van der Waals surface area contributed by atoms with Crippen LogP contribution in [0.25, 0.3) is 0 Å². The number of carbonyl (C=O) groups is 1. The van der Waals surface area contributed by atoms with E-state index >= 15 is 0 Å². The Morgan fingerprint density at radius 3 is 3.00 bits per heavy atom. The maximum absolute atomic E-state index is 10.3. The normalized spacial score (nSPS) is 8.75. The third-order valence-corrected chi connectivity index (χ3v) is 2.09. The zero-order valence-electron chi connectivity index (χ0n) is 6.76. The van der Waals surface area contributed by atoms with Crippen LogP contribution >= 0.6 is 11.3 Å². The molecule has 62 valence electrons. The average molecular weight is 179 g/mol. The van der Waals surface area contributed by atoms with Crippen LogP contribution < -0.4 is 5.73 Å². The quantitative estimate of drug-likeness (QED) is 0.648. The SMILES string of the molecule is Cc1cc(C#CCC(N)=O)cs1. The zero-order valence-corrected chi connectivity index (χ0v) is 7.57. The van der Waals surface area contributed by atoms with Gasteiger partial charge < -0.3 is 5.73 Å². The van der Waals surface area contributed by atoms with E-state index in [0.29, 0.717) is 0 Å². The van der Waals surface area contributed by atoms with Gasteiger partial charge in [-0.15, -0.1) is 11.3 Å². The van der Waals surface area contributed by atoms with E-state index in [1.165, 1.54) is 4.88 Å². The molecule has 1 rings (SSSR count). The van der Waals surface area contributed by atoms with E-state index in [1.807, 2.05) is 18.4 Å². The van der Waals surface area contributed by atoms with Gasteiger partial charge in [-0.05, 0) is 13.0 Å². The van der Waals surface area contributed by atoms with Crippen molar-refractivity contribution >= 4 is 17.2 Å². The maximum atomic E-state index is 10.3. The van der Waals surface area contributed by atoms with Gasteiger partial charge in [0, 0.05) is 15.8 Å². The van der Waals surface area contributed by atoms with Crippen LogP contribution in [0.4, 0.5) is 0 Å². The van der Waals surface area contributed by atoms with Gasteiger partial charge >= 0.3 is 0 Å². The highest BCUT2D eigenvalue weighted by atomic mass is 32.1. The lowest BCUT2D eigenvalue weighted by Gasteiger charge is -1.79. The molecule has 0 unspecified atom stereocenters. The van der Waals surface area contributed by atoms with Crippen LogP contribution in [-0.4, -0.2) is 5.91 Å². The van der Waals surface area contributed by atoms with E-state index < -0.39 is 0 Å². The molecule has 2 N–H and O–H groups in total. The first-order valence-electron chi connectivity index (χ1n) is 3.51. The molecule has 0 aliphatic heterocycles. The van der Waals surface area contributed by atoms with E-state index in [1.54, 1.807) is 11.3 Å². The number of aryl methyl sites for hydroxylation is 1. The molecule has 0 aliphatic rings. The fraction of sp³-hybridized carbons (Fsp3) is 0.222. The van der Waals surface area contributed by atoms with Gasteiger partial charge in [-0.1, -0.05) is 11.8 Å². The summed E-state index contributed by atoms with van der Waals surface area (Å²) in [4.78, 5) is 11.5. The molecule has 0 atom stereocenters. The number of thiophene rings is 1. The Morgan fingerprint density at radius 2 is 2.50 bits per heavy atom. The Hall–Kier alpha value is -1.27. The summed E-state index contributed by atoms with van der Waals surface area (Å²) < 4.78 is 0. The van der Waals surface area contributed by atoms with Crippen molar-refractivity contribution in [1.82, 2.24) is 0 Å². The van der Waals surface area contributed by atoms with Crippen LogP contribution in [0.3, 0.4) is 0 Å². The summed E-state index contributed by atoms with van der Waals surface area (Å²) in [5.74, 6) is 5.17. The predicted octanol–water partition coefficient (Wildman–Crippen LogP) is 1.28. The molecule has 2 nitrogen and oxygen atoms in total. The van der Waals surface area contributed by atoms with Gasteiger partial charge in [0.2, 0.25) is 5.91 Å². The van der Waals surface area contributed by atoms with Crippen LogP contribution in [-0.2, 0) is 4.79 Å². The van der Waals surface area contributed by atoms with Crippen LogP contribution in [0.2, 0.25) is 0 Å². The monoisotopic (exact) mass is 179 g/mol. The Balaban J connectivity index is 2.60. The van der Waals surface area contributed by atoms with Crippen molar-refractivity contribution in [3.63, 3.8) is 0 Å². The summed E-state index contributed by atoms with van der Waals surface area (Å²) in [5.41, 5.74) is 5.88. The molecular weight excluding hydrogens is 170 g/mol. The van der Waals surface area contributed by atoms with Crippen LogP contribution in [0.1, 0.15) is 16.9 Å². The number of nitrogens with two attached hydrogens (primary N) is 1. The van der Waals surface area contributed by atoms with Gasteiger partial charge in [0.25, 0.3) is 0 Å². The molecular formula is C9H9NOS. The van der Waals surface area contributed by atoms with Crippen molar-refractivity contribution in [3.8, 4) is 11.8 Å². The lowest BCUT2D eigenvalue weighted by atomic mass is 10.3. The number of hydrogen-bond donors (Lipinski definition) is 1. The van der Waals surface area contributed by atoms with Gasteiger partial charge in [0.1, 0.15) is 0 Å². The Labute approximate surface area is 75.4 Å². The van der Waals surface area contributed by atoms with Crippen molar-refractivity contribution in [3.05, 3.63) is 21.9 Å². The fourth-order valence-corrected chi connectivity index (χ4v) is 1.38. The molecule has 3 heteroatoms. The summed E-state index contributed by atoms with van der Waals surface area (Å²) in [7, 11) is 0. The summed E-state index contributed by atoms with van der Waals surface area (Å²) in [6.45, 7) is 2.02. The average Bonchev–Trinajstić information content (AvgIpc) is 2.35. The second kappa shape index (κ2) is 3.93. The van der Waals surface area contributed by atoms with Crippen LogP contribution in [0.5, 0.6) is 0 Å². The molecule has 0 spiro atoms. The highest BCUT2D eigenvalue weighted by molar-refractivity contribution is 7.10. The molecule has 0 aliphatic carbocycles. The highest BCUT2D eigenvalue weighted by Gasteiger charge is 1.90. The first kappa shape index (κ1) is 8.82. The molecule has 0 radical (unpaired) electrons. The van der Waals surface area contributed by atoms with Gasteiger partial charge in [0.05, 0.1) is 6.42 Å². The first-order chi connectivity index (χ1) is 5.68. The van der Waals surface area contributed by atoms with E-state index in [4.69, 9.17) is 5.73 Å². The molecule has 0 aromatic carbocycles. The molecule has 12 heavy (non-hydrogen) atoms. The summed E-state index contributed by atoms with van der Waals surface area (Å²) in [5, 5.41) is 1.96. The molecule has 0 saturated carbocycles.